The third-order valence-electron chi connectivity index (χ3n) is 2.76. The fourth-order valence-electron chi connectivity index (χ4n) is 1.93. The highest BCUT2D eigenvalue weighted by Gasteiger charge is 2.14. The number of benzene rings is 2. The summed E-state index contributed by atoms with van der Waals surface area (Å²) in [6, 6.07) is 10.5. The third kappa shape index (κ3) is 1.71. The lowest BCUT2D eigenvalue weighted by Gasteiger charge is -1.97. The maximum absolute atomic E-state index is 9.09. The van der Waals surface area contributed by atoms with E-state index in [1.807, 2.05) is 12.1 Å². The van der Waals surface area contributed by atoms with Crippen LogP contribution in [0.15, 0.2) is 40.8 Å². The SMILES string of the molecule is OB(O)c1ccc2c(c1)oc1cc(Cl)ccc12. The molecule has 5 heteroatoms. The second-order valence-corrected chi connectivity index (χ2v) is 4.31. The van der Waals surface area contributed by atoms with Crippen molar-refractivity contribution in [3.63, 3.8) is 0 Å². The van der Waals surface area contributed by atoms with E-state index in [-0.39, 0.29) is 0 Å². The molecule has 0 saturated carbocycles. The van der Waals surface area contributed by atoms with Crippen molar-refractivity contribution in [3.8, 4) is 0 Å². The summed E-state index contributed by atoms with van der Waals surface area (Å²) in [5.41, 5.74) is 1.72. The summed E-state index contributed by atoms with van der Waals surface area (Å²) in [5, 5.41) is 20.7. The van der Waals surface area contributed by atoms with Crippen LogP contribution in [0.4, 0.5) is 0 Å². The van der Waals surface area contributed by atoms with Crippen LogP contribution in [-0.4, -0.2) is 17.2 Å². The van der Waals surface area contributed by atoms with Crippen LogP contribution in [0, 0.1) is 0 Å². The molecule has 1 heterocycles. The molecule has 0 aliphatic heterocycles. The van der Waals surface area contributed by atoms with Gasteiger partial charge in [0, 0.05) is 21.9 Å². The van der Waals surface area contributed by atoms with E-state index < -0.39 is 7.12 Å². The zero-order chi connectivity index (χ0) is 12.0. The van der Waals surface area contributed by atoms with Gasteiger partial charge < -0.3 is 14.5 Å². The van der Waals surface area contributed by atoms with E-state index in [9.17, 15) is 0 Å². The highest BCUT2D eigenvalue weighted by molar-refractivity contribution is 6.58. The number of hydrogen-bond donors (Lipinski definition) is 2. The van der Waals surface area contributed by atoms with Gasteiger partial charge in [0.25, 0.3) is 0 Å². The fraction of sp³-hybridized carbons (Fsp3) is 0. The molecule has 3 nitrogen and oxygen atoms in total. The van der Waals surface area contributed by atoms with Gasteiger partial charge in [-0.25, -0.2) is 0 Å². The summed E-state index contributed by atoms with van der Waals surface area (Å²) >= 11 is 5.89. The molecule has 0 aliphatic carbocycles. The normalized spacial score (nSPS) is 11.2. The Morgan fingerprint density at radius 3 is 2.29 bits per heavy atom. The predicted octanol–water partition coefficient (Wildman–Crippen LogP) is 1.92. The van der Waals surface area contributed by atoms with Crippen molar-refractivity contribution in [2.75, 3.05) is 0 Å². The van der Waals surface area contributed by atoms with Crippen LogP contribution >= 0.6 is 11.6 Å². The van der Waals surface area contributed by atoms with Gasteiger partial charge in [0.15, 0.2) is 0 Å². The van der Waals surface area contributed by atoms with Crippen molar-refractivity contribution < 1.29 is 14.5 Å². The molecular weight excluding hydrogens is 238 g/mol. The fourth-order valence-corrected chi connectivity index (χ4v) is 2.09. The van der Waals surface area contributed by atoms with E-state index in [1.165, 1.54) is 0 Å². The first-order valence-corrected chi connectivity index (χ1v) is 5.51. The smallest absolute Gasteiger partial charge is 0.456 e. The van der Waals surface area contributed by atoms with Crippen LogP contribution in [0.3, 0.4) is 0 Å². The quantitative estimate of drug-likeness (QED) is 0.645. The highest BCUT2D eigenvalue weighted by Crippen LogP contribution is 2.29. The predicted molar refractivity (Wildman–Crippen MR) is 68.6 cm³/mol. The number of halogens is 1. The minimum atomic E-state index is -1.49. The average Bonchev–Trinajstić information content (AvgIpc) is 2.64. The van der Waals surface area contributed by atoms with Gasteiger partial charge in [-0.1, -0.05) is 23.7 Å². The van der Waals surface area contributed by atoms with Gasteiger partial charge in [-0.3, -0.25) is 0 Å². The zero-order valence-corrected chi connectivity index (χ0v) is 9.48. The van der Waals surface area contributed by atoms with Crippen LogP contribution in [0.1, 0.15) is 0 Å². The molecule has 0 spiro atoms. The molecule has 84 valence electrons. The van der Waals surface area contributed by atoms with Crippen molar-refractivity contribution in [3.05, 3.63) is 41.4 Å². The second-order valence-electron chi connectivity index (χ2n) is 3.87. The van der Waals surface area contributed by atoms with E-state index in [0.29, 0.717) is 21.7 Å². The van der Waals surface area contributed by atoms with E-state index in [0.717, 1.165) is 10.8 Å². The molecule has 3 rings (SSSR count). The molecule has 0 saturated heterocycles. The second kappa shape index (κ2) is 3.77. The third-order valence-corrected chi connectivity index (χ3v) is 2.99. The first-order chi connectivity index (χ1) is 8.15. The Labute approximate surface area is 102 Å². The molecule has 2 N–H and O–H groups in total. The molecule has 0 bridgehead atoms. The molecule has 2 aromatic carbocycles. The van der Waals surface area contributed by atoms with E-state index in [1.54, 1.807) is 24.3 Å². The maximum atomic E-state index is 9.09. The van der Waals surface area contributed by atoms with Gasteiger partial charge in [-0.15, -0.1) is 0 Å². The summed E-state index contributed by atoms with van der Waals surface area (Å²) < 4.78 is 5.62. The van der Waals surface area contributed by atoms with E-state index in [4.69, 9.17) is 26.1 Å². The number of rotatable bonds is 1. The van der Waals surface area contributed by atoms with Crippen molar-refractivity contribution in [1.29, 1.82) is 0 Å². The lowest BCUT2D eigenvalue weighted by molar-refractivity contribution is 0.425. The van der Waals surface area contributed by atoms with Crippen LogP contribution in [0.2, 0.25) is 5.02 Å². The lowest BCUT2D eigenvalue weighted by Crippen LogP contribution is -2.29. The van der Waals surface area contributed by atoms with Crippen LogP contribution in [0.25, 0.3) is 21.9 Å². The molecule has 17 heavy (non-hydrogen) atoms. The molecule has 0 fully saturated rings. The van der Waals surface area contributed by atoms with Crippen molar-refractivity contribution in [2.45, 2.75) is 0 Å². The van der Waals surface area contributed by atoms with Gasteiger partial charge in [-0.2, -0.15) is 0 Å². The Balaban J connectivity index is 2.35. The molecule has 1 aromatic heterocycles. The average molecular weight is 246 g/mol. The molecule has 0 atom stereocenters. The minimum Gasteiger partial charge on any atom is -0.456 e. The zero-order valence-electron chi connectivity index (χ0n) is 8.72. The topological polar surface area (TPSA) is 53.6 Å². The molecule has 0 radical (unpaired) electrons. The number of furan rings is 1. The number of fused-ring (bicyclic) bond motifs is 3. The molecule has 0 aliphatic rings. The molecule has 0 unspecified atom stereocenters. The van der Waals surface area contributed by atoms with Gasteiger partial charge in [0.2, 0.25) is 0 Å². The largest absolute Gasteiger partial charge is 0.488 e. The van der Waals surface area contributed by atoms with Gasteiger partial charge in [-0.05, 0) is 23.7 Å². The van der Waals surface area contributed by atoms with Gasteiger partial charge in [0.1, 0.15) is 11.2 Å². The molecular formula is C12H8BClO3. The van der Waals surface area contributed by atoms with Crippen molar-refractivity contribution >= 4 is 46.1 Å². The van der Waals surface area contributed by atoms with E-state index in [2.05, 4.69) is 0 Å². The molecule has 3 aromatic rings. The van der Waals surface area contributed by atoms with Crippen LogP contribution < -0.4 is 5.46 Å². The van der Waals surface area contributed by atoms with Crippen LogP contribution in [0.5, 0.6) is 0 Å². The maximum Gasteiger partial charge on any atom is 0.488 e. The molecule has 0 amide bonds. The summed E-state index contributed by atoms with van der Waals surface area (Å²) in [7, 11) is -1.49. The van der Waals surface area contributed by atoms with Crippen LogP contribution in [-0.2, 0) is 0 Å². The lowest BCUT2D eigenvalue weighted by atomic mass is 9.80. The first kappa shape index (κ1) is 10.7. The monoisotopic (exact) mass is 246 g/mol. The highest BCUT2D eigenvalue weighted by atomic mass is 35.5. The van der Waals surface area contributed by atoms with E-state index >= 15 is 0 Å². The minimum absolute atomic E-state index is 0.405. The van der Waals surface area contributed by atoms with Crippen molar-refractivity contribution in [1.82, 2.24) is 0 Å². The first-order valence-electron chi connectivity index (χ1n) is 5.13. The summed E-state index contributed by atoms with van der Waals surface area (Å²) in [4.78, 5) is 0. The summed E-state index contributed by atoms with van der Waals surface area (Å²) in [6.45, 7) is 0. The van der Waals surface area contributed by atoms with Gasteiger partial charge in [0.05, 0.1) is 0 Å². The Hall–Kier alpha value is -1.49. The van der Waals surface area contributed by atoms with Crippen molar-refractivity contribution in [2.24, 2.45) is 0 Å². The number of hydrogen-bond acceptors (Lipinski definition) is 3. The standard InChI is InChI=1S/C12H8BClO3/c14-8-2-4-10-9-3-1-7(13(15)16)5-11(9)17-12(10)6-8/h1-6,15-16H. The Bertz CT molecular complexity index is 705. The summed E-state index contributed by atoms with van der Waals surface area (Å²) in [5.74, 6) is 0. The summed E-state index contributed by atoms with van der Waals surface area (Å²) in [6.07, 6.45) is 0. The van der Waals surface area contributed by atoms with Gasteiger partial charge >= 0.3 is 7.12 Å². The Morgan fingerprint density at radius 1 is 0.941 bits per heavy atom. The Morgan fingerprint density at radius 2 is 1.59 bits per heavy atom. The Kier molecular flexibility index (Phi) is 2.36.